The Morgan fingerprint density at radius 3 is 3.00 bits per heavy atom. The molecule has 1 aromatic heterocycles. The molecule has 0 unspecified atom stereocenters. The predicted octanol–water partition coefficient (Wildman–Crippen LogP) is 2.71. The van der Waals surface area contributed by atoms with Crippen molar-refractivity contribution in [1.29, 1.82) is 0 Å². The van der Waals surface area contributed by atoms with Crippen LogP contribution in [0.25, 0.3) is 0 Å². The summed E-state index contributed by atoms with van der Waals surface area (Å²) >= 11 is 9.94. The standard InChI is InChI=1S/C10H10ClNS/c1-8-5-6-12-10(11)9(8)4-2-3-7-13/h5-6,13H,3,7H2,1H3. The molecular weight excluding hydrogens is 202 g/mol. The fourth-order valence-electron chi connectivity index (χ4n) is 0.882. The van der Waals surface area contributed by atoms with E-state index in [-0.39, 0.29) is 0 Å². The third kappa shape index (κ3) is 2.95. The minimum absolute atomic E-state index is 0.478. The number of aromatic nitrogens is 1. The molecule has 0 saturated heterocycles. The van der Waals surface area contributed by atoms with Crippen LogP contribution in [0.15, 0.2) is 12.3 Å². The number of thiol groups is 1. The third-order valence-electron chi connectivity index (χ3n) is 1.56. The van der Waals surface area contributed by atoms with Gasteiger partial charge >= 0.3 is 0 Å². The van der Waals surface area contributed by atoms with E-state index in [9.17, 15) is 0 Å². The summed E-state index contributed by atoms with van der Waals surface area (Å²) in [5, 5.41) is 0.478. The van der Waals surface area contributed by atoms with E-state index in [4.69, 9.17) is 11.6 Å². The smallest absolute Gasteiger partial charge is 0.144 e. The van der Waals surface area contributed by atoms with Gasteiger partial charge in [0, 0.05) is 18.4 Å². The normalized spacial score (nSPS) is 9.15. The lowest BCUT2D eigenvalue weighted by atomic mass is 10.2. The summed E-state index contributed by atoms with van der Waals surface area (Å²) in [6.07, 6.45) is 2.45. The summed E-state index contributed by atoms with van der Waals surface area (Å²) in [5.41, 5.74) is 1.89. The van der Waals surface area contributed by atoms with E-state index < -0.39 is 0 Å². The Hall–Kier alpha value is -0.650. The molecule has 1 heterocycles. The Bertz CT molecular complexity index is 331. The number of hydrogen-bond acceptors (Lipinski definition) is 2. The third-order valence-corrected chi connectivity index (χ3v) is 2.07. The zero-order valence-corrected chi connectivity index (χ0v) is 8.99. The first-order valence-electron chi connectivity index (χ1n) is 3.96. The number of nitrogens with zero attached hydrogens (tertiary/aromatic N) is 1. The molecule has 0 aliphatic rings. The van der Waals surface area contributed by atoms with Gasteiger partial charge in [-0.05, 0) is 18.6 Å². The highest BCUT2D eigenvalue weighted by Gasteiger charge is 1.99. The van der Waals surface area contributed by atoms with Crippen LogP contribution in [0.3, 0.4) is 0 Å². The summed E-state index contributed by atoms with van der Waals surface area (Å²) < 4.78 is 0. The van der Waals surface area contributed by atoms with E-state index in [1.165, 1.54) is 0 Å². The van der Waals surface area contributed by atoms with Crippen molar-refractivity contribution < 1.29 is 0 Å². The van der Waals surface area contributed by atoms with Gasteiger partial charge in [-0.15, -0.1) is 0 Å². The van der Waals surface area contributed by atoms with Gasteiger partial charge in [0.15, 0.2) is 0 Å². The molecule has 1 nitrogen and oxygen atoms in total. The highest BCUT2D eigenvalue weighted by molar-refractivity contribution is 7.80. The predicted molar refractivity (Wildman–Crippen MR) is 59.3 cm³/mol. The maximum atomic E-state index is 5.88. The molecule has 0 spiro atoms. The van der Waals surface area contributed by atoms with Gasteiger partial charge in [-0.2, -0.15) is 12.6 Å². The SMILES string of the molecule is Cc1ccnc(Cl)c1C#CCCS. The van der Waals surface area contributed by atoms with Gasteiger partial charge in [0.2, 0.25) is 0 Å². The molecular formula is C10H10ClNS. The van der Waals surface area contributed by atoms with E-state index in [1.807, 2.05) is 13.0 Å². The minimum atomic E-state index is 0.478. The molecule has 1 rings (SSSR count). The van der Waals surface area contributed by atoms with Crippen LogP contribution in [0.4, 0.5) is 0 Å². The van der Waals surface area contributed by atoms with Crippen molar-refractivity contribution >= 4 is 24.2 Å². The van der Waals surface area contributed by atoms with E-state index in [2.05, 4.69) is 29.5 Å². The van der Waals surface area contributed by atoms with Crippen LogP contribution >= 0.6 is 24.2 Å². The molecule has 0 atom stereocenters. The number of halogens is 1. The van der Waals surface area contributed by atoms with Crippen molar-refractivity contribution in [2.24, 2.45) is 0 Å². The first kappa shape index (κ1) is 10.4. The van der Waals surface area contributed by atoms with Crippen LogP contribution in [0.2, 0.25) is 5.15 Å². The number of rotatable bonds is 1. The van der Waals surface area contributed by atoms with Gasteiger partial charge in [-0.3, -0.25) is 0 Å². The lowest BCUT2D eigenvalue weighted by molar-refractivity contribution is 1.26. The summed E-state index contributed by atoms with van der Waals surface area (Å²) in [4.78, 5) is 3.96. The monoisotopic (exact) mass is 211 g/mol. The van der Waals surface area contributed by atoms with Crippen molar-refractivity contribution in [3.05, 3.63) is 28.5 Å². The molecule has 0 bridgehead atoms. The molecule has 0 saturated carbocycles. The molecule has 0 aromatic carbocycles. The molecule has 0 amide bonds. The average molecular weight is 212 g/mol. The Labute approximate surface area is 88.9 Å². The van der Waals surface area contributed by atoms with Gasteiger partial charge in [-0.25, -0.2) is 4.98 Å². The largest absolute Gasteiger partial charge is 0.243 e. The lowest BCUT2D eigenvalue weighted by Crippen LogP contribution is -1.86. The molecule has 0 fully saturated rings. The summed E-state index contributed by atoms with van der Waals surface area (Å²) in [7, 11) is 0. The molecule has 0 radical (unpaired) electrons. The lowest BCUT2D eigenvalue weighted by Gasteiger charge is -1.97. The fourth-order valence-corrected chi connectivity index (χ4v) is 1.25. The van der Waals surface area contributed by atoms with Crippen molar-refractivity contribution in [1.82, 2.24) is 4.98 Å². The van der Waals surface area contributed by atoms with Crippen LogP contribution in [0, 0.1) is 18.8 Å². The number of hydrogen-bond donors (Lipinski definition) is 1. The van der Waals surface area contributed by atoms with Crippen LogP contribution in [0.5, 0.6) is 0 Å². The summed E-state index contributed by atoms with van der Waals surface area (Å²) in [5.74, 6) is 6.74. The molecule has 0 N–H and O–H groups in total. The van der Waals surface area contributed by atoms with Crippen LogP contribution in [-0.2, 0) is 0 Å². The van der Waals surface area contributed by atoms with E-state index in [1.54, 1.807) is 6.20 Å². The maximum absolute atomic E-state index is 5.88. The molecule has 0 aliphatic carbocycles. The molecule has 3 heteroatoms. The van der Waals surface area contributed by atoms with Crippen molar-refractivity contribution in [3.8, 4) is 11.8 Å². The average Bonchev–Trinajstić information content (AvgIpc) is 2.10. The summed E-state index contributed by atoms with van der Waals surface area (Å²) in [6.45, 7) is 1.97. The van der Waals surface area contributed by atoms with Crippen molar-refractivity contribution in [3.63, 3.8) is 0 Å². The van der Waals surface area contributed by atoms with Crippen molar-refractivity contribution in [2.45, 2.75) is 13.3 Å². The van der Waals surface area contributed by atoms with Gasteiger partial charge in [0.25, 0.3) is 0 Å². The molecule has 68 valence electrons. The Kier molecular flexibility index (Phi) is 4.14. The Morgan fingerprint density at radius 2 is 2.38 bits per heavy atom. The van der Waals surface area contributed by atoms with Crippen LogP contribution in [0.1, 0.15) is 17.5 Å². The van der Waals surface area contributed by atoms with E-state index in [0.29, 0.717) is 5.15 Å². The molecule has 13 heavy (non-hydrogen) atoms. The fraction of sp³-hybridized carbons (Fsp3) is 0.300. The highest BCUT2D eigenvalue weighted by atomic mass is 35.5. The summed E-state index contributed by atoms with van der Waals surface area (Å²) in [6, 6.07) is 1.90. The molecule has 0 aliphatic heterocycles. The highest BCUT2D eigenvalue weighted by Crippen LogP contribution is 2.14. The second kappa shape index (κ2) is 5.16. The Balaban J connectivity index is 2.95. The first-order chi connectivity index (χ1) is 6.25. The van der Waals surface area contributed by atoms with E-state index >= 15 is 0 Å². The van der Waals surface area contributed by atoms with Gasteiger partial charge < -0.3 is 0 Å². The zero-order chi connectivity index (χ0) is 9.68. The number of aryl methyl sites for hydroxylation is 1. The van der Waals surface area contributed by atoms with Gasteiger partial charge in [-0.1, -0.05) is 23.4 Å². The van der Waals surface area contributed by atoms with Crippen LogP contribution in [-0.4, -0.2) is 10.7 Å². The van der Waals surface area contributed by atoms with Gasteiger partial charge in [0.1, 0.15) is 5.15 Å². The van der Waals surface area contributed by atoms with Crippen molar-refractivity contribution in [2.75, 3.05) is 5.75 Å². The second-order valence-electron chi connectivity index (χ2n) is 2.57. The first-order valence-corrected chi connectivity index (χ1v) is 4.97. The minimum Gasteiger partial charge on any atom is -0.243 e. The maximum Gasteiger partial charge on any atom is 0.144 e. The Morgan fingerprint density at radius 1 is 1.62 bits per heavy atom. The topological polar surface area (TPSA) is 12.9 Å². The van der Waals surface area contributed by atoms with E-state index in [0.717, 1.165) is 23.3 Å². The second-order valence-corrected chi connectivity index (χ2v) is 3.37. The number of pyridine rings is 1. The van der Waals surface area contributed by atoms with Gasteiger partial charge in [0.05, 0.1) is 5.56 Å². The van der Waals surface area contributed by atoms with Crippen LogP contribution < -0.4 is 0 Å². The molecule has 1 aromatic rings. The zero-order valence-electron chi connectivity index (χ0n) is 7.34. The quantitative estimate of drug-likeness (QED) is 0.428.